The average Bonchev–Trinajstić information content (AvgIpc) is 3.55. The van der Waals surface area contributed by atoms with Crippen molar-refractivity contribution in [3.05, 3.63) is 30.0 Å². The van der Waals surface area contributed by atoms with E-state index in [2.05, 4.69) is 15.6 Å². The van der Waals surface area contributed by atoms with E-state index in [0.717, 1.165) is 5.39 Å². The number of amides is 3. The third-order valence-electron chi connectivity index (χ3n) is 7.07. The number of benzene rings is 1. The Bertz CT molecular complexity index is 1180. The van der Waals surface area contributed by atoms with Crippen LogP contribution in [-0.2, 0) is 9.59 Å². The lowest BCUT2D eigenvalue weighted by molar-refractivity contribution is -0.126. The monoisotopic (exact) mass is 483 g/mol. The highest BCUT2D eigenvalue weighted by Gasteiger charge is 2.46. The number of likely N-dealkylation sites (tertiary alicyclic amines) is 1. The summed E-state index contributed by atoms with van der Waals surface area (Å²) in [5.74, 6) is -1.39. The number of nitrogens with one attached hydrogen (secondary N) is 3. The first kappa shape index (κ1) is 24.5. The molecule has 2 aromatic rings. The fraction of sp³-hybridized carbons (Fsp3) is 0.520. The van der Waals surface area contributed by atoms with Crippen molar-refractivity contribution in [2.45, 2.75) is 50.9 Å². The van der Waals surface area contributed by atoms with Crippen LogP contribution in [0.4, 0.5) is 4.39 Å². The number of nitriles is 1. The van der Waals surface area contributed by atoms with Crippen molar-refractivity contribution in [2.24, 2.45) is 11.8 Å². The van der Waals surface area contributed by atoms with Gasteiger partial charge in [0, 0.05) is 35.8 Å². The molecule has 4 atom stereocenters. The predicted molar refractivity (Wildman–Crippen MR) is 126 cm³/mol. The number of carbonyl (C=O) groups is 3. The van der Waals surface area contributed by atoms with Crippen LogP contribution in [0.3, 0.4) is 0 Å². The maximum Gasteiger partial charge on any atom is 0.270 e. The molecule has 0 bridgehead atoms. The number of aromatic nitrogens is 1. The van der Waals surface area contributed by atoms with Crippen molar-refractivity contribution in [3.63, 3.8) is 0 Å². The number of fused-ring (bicyclic) bond motifs is 1. The minimum atomic E-state index is -1.60. The number of H-pyrrole nitrogens is 1. The topological polar surface area (TPSA) is 127 Å². The number of methoxy groups -OCH3 is 1. The highest BCUT2D eigenvalue weighted by atomic mass is 19.1. The summed E-state index contributed by atoms with van der Waals surface area (Å²) in [7, 11) is 1.54. The average molecular weight is 484 g/mol. The van der Waals surface area contributed by atoms with E-state index in [9.17, 15) is 24.0 Å². The van der Waals surface area contributed by atoms with Crippen molar-refractivity contribution in [1.82, 2.24) is 20.5 Å². The fourth-order valence-corrected chi connectivity index (χ4v) is 4.95. The van der Waals surface area contributed by atoms with E-state index in [0.29, 0.717) is 24.2 Å². The SMILES string of the molecule is COc1cccc2[nH]c(C(=O)N3CC(C(C)(C)F)C[C@H]3C(=O)N[C@H](C#N)C[C@@H]3CCNC3=O)cc12. The van der Waals surface area contributed by atoms with Gasteiger partial charge in [-0.2, -0.15) is 5.26 Å². The van der Waals surface area contributed by atoms with Crippen LogP contribution in [-0.4, -0.2) is 65.6 Å². The van der Waals surface area contributed by atoms with Crippen molar-refractivity contribution in [1.29, 1.82) is 5.26 Å². The second-order valence-corrected chi connectivity index (χ2v) is 9.78. The van der Waals surface area contributed by atoms with Gasteiger partial charge in [-0.1, -0.05) is 6.07 Å². The Morgan fingerprint density at radius 2 is 2.17 bits per heavy atom. The zero-order valence-corrected chi connectivity index (χ0v) is 20.1. The van der Waals surface area contributed by atoms with Gasteiger partial charge in [0.1, 0.15) is 29.2 Å². The fourth-order valence-electron chi connectivity index (χ4n) is 4.95. The molecule has 186 valence electrons. The smallest absolute Gasteiger partial charge is 0.270 e. The van der Waals surface area contributed by atoms with Crippen molar-refractivity contribution in [3.8, 4) is 11.8 Å². The number of rotatable bonds is 7. The molecule has 2 aliphatic heterocycles. The van der Waals surface area contributed by atoms with Crippen LogP contribution >= 0.6 is 0 Å². The van der Waals surface area contributed by atoms with E-state index in [1.807, 2.05) is 12.1 Å². The van der Waals surface area contributed by atoms with Crippen LogP contribution in [0.2, 0.25) is 0 Å². The molecule has 1 unspecified atom stereocenters. The molecule has 0 radical (unpaired) electrons. The van der Waals surface area contributed by atoms with Gasteiger partial charge in [0.05, 0.1) is 13.2 Å². The van der Waals surface area contributed by atoms with Crippen LogP contribution in [0.1, 0.15) is 43.6 Å². The number of carbonyl (C=O) groups excluding carboxylic acids is 3. The third-order valence-corrected chi connectivity index (χ3v) is 7.07. The van der Waals surface area contributed by atoms with Crippen LogP contribution < -0.4 is 15.4 Å². The molecule has 35 heavy (non-hydrogen) atoms. The summed E-state index contributed by atoms with van der Waals surface area (Å²) < 4.78 is 20.3. The number of hydrogen-bond donors (Lipinski definition) is 3. The molecule has 2 fully saturated rings. The first-order valence-electron chi connectivity index (χ1n) is 11.8. The molecule has 4 rings (SSSR count). The maximum atomic E-state index is 14.9. The Morgan fingerprint density at radius 1 is 1.40 bits per heavy atom. The summed E-state index contributed by atoms with van der Waals surface area (Å²) in [5.41, 5.74) is -0.637. The summed E-state index contributed by atoms with van der Waals surface area (Å²) in [6.45, 7) is 3.48. The van der Waals surface area contributed by atoms with E-state index in [1.165, 1.54) is 18.7 Å². The standard InChI is InChI=1S/C25H30FN5O4/c1-25(2,26)15-10-20(23(33)29-16(12-27)9-14-7-8-28-22(14)32)31(13-15)24(34)19-11-17-18(30-19)5-4-6-21(17)35-3/h4-6,11,14-16,20,30H,7-10,13H2,1-3H3,(H,28,32)(H,29,33)/t14-,15?,16-,20-/m0/s1. The summed E-state index contributed by atoms with van der Waals surface area (Å²) >= 11 is 0. The molecule has 3 N–H and O–H groups in total. The second kappa shape index (κ2) is 9.56. The predicted octanol–water partition coefficient (Wildman–Crippen LogP) is 2.29. The highest BCUT2D eigenvalue weighted by Crippen LogP contribution is 2.36. The van der Waals surface area contributed by atoms with Crippen molar-refractivity contribution in [2.75, 3.05) is 20.2 Å². The van der Waals surface area contributed by atoms with Gasteiger partial charge in [-0.3, -0.25) is 14.4 Å². The largest absolute Gasteiger partial charge is 0.496 e. The minimum absolute atomic E-state index is 0.0647. The van der Waals surface area contributed by atoms with Gasteiger partial charge in [0.15, 0.2) is 0 Å². The van der Waals surface area contributed by atoms with Gasteiger partial charge in [0.25, 0.3) is 5.91 Å². The third kappa shape index (κ3) is 4.94. The van der Waals surface area contributed by atoms with E-state index < -0.39 is 35.5 Å². The quantitative estimate of drug-likeness (QED) is 0.557. The maximum absolute atomic E-state index is 14.9. The molecule has 9 nitrogen and oxygen atoms in total. The molecule has 2 aliphatic rings. The van der Waals surface area contributed by atoms with E-state index in [-0.39, 0.29) is 36.9 Å². The van der Waals surface area contributed by atoms with Crippen LogP contribution in [0.25, 0.3) is 10.9 Å². The molecule has 10 heteroatoms. The van der Waals surface area contributed by atoms with Crippen LogP contribution in [0.15, 0.2) is 24.3 Å². The minimum Gasteiger partial charge on any atom is -0.496 e. The molecule has 0 saturated carbocycles. The molecule has 1 aromatic heterocycles. The summed E-state index contributed by atoms with van der Waals surface area (Å²) in [5, 5.41) is 15.7. The molecule has 3 amide bonds. The summed E-state index contributed by atoms with van der Waals surface area (Å²) in [4.78, 5) is 43.1. The Kier molecular flexibility index (Phi) is 6.70. The van der Waals surface area contributed by atoms with Crippen molar-refractivity contribution < 1.29 is 23.5 Å². The number of nitrogens with zero attached hydrogens (tertiary/aromatic N) is 2. The summed E-state index contributed by atoms with van der Waals surface area (Å²) in [6, 6.07) is 7.27. The first-order chi connectivity index (χ1) is 16.6. The number of ether oxygens (including phenoxy) is 1. The van der Waals surface area contributed by atoms with Gasteiger partial charge >= 0.3 is 0 Å². The van der Waals surface area contributed by atoms with Gasteiger partial charge < -0.3 is 25.3 Å². The Morgan fingerprint density at radius 3 is 2.80 bits per heavy atom. The lowest BCUT2D eigenvalue weighted by Crippen LogP contribution is -2.49. The highest BCUT2D eigenvalue weighted by molar-refractivity contribution is 6.01. The van der Waals surface area contributed by atoms with Gasteiger partial charge in [0.2, 0.25) is 11.8 Å². The lowest BCUT2D eigenvalue weighted by Gasteiger charge is -2.25. The number of halogens is 1. The molecular weight excluding hydrogens is 453 g/mol. The zero-order valence-electron chi connectivity index (χ0n) is 20.1. The van der Waals surface area contributed by atoms with Gasteiger partial charge in [-0.15, -0.1) is 0 Å². The second-order valence-electron chi connectivity index (χ2n) is 9.78. The number of alkyl halides is 1. The van der Waals surface area contributed by atoms with Crippen molar-refractivity contribution >= 4 is 28.6 Å². The summed E-state index contributed by atoms with van der Waals surface area (Å²) in [6.07, 6.45) is 0.921. The Balaban J connectivity index is 1.56. The zero-order chi connectivity index (χ0) is 25.3. The van der Waals surface area contributed by atoms with Gasteiger partial charge in [-0.25, -0.2) is 4.39 Å². The van der Waals surface area contributed by atoms with E-state index in [1.54, 1.807) is 25.3 Å². The van der Waals surface area contributed by atoms with Gasteiger partial charge in [-0.05, 0) is 51.3 Å². The first-order valence-corrected chi connectivity index (χ1v) is 11.8. The number of hydrogen-bond acceptors (Lipinski definition) is 5. The van der Waals surface area contributed by atoms with Crippen LogP contribution in [0.5, 0.6) is 5.75 Å². The molecule has 1 aromatic carbocycles. The Hall–Kier alpha value is -3.61. The molecular formula is C25H30FN5O4. The molecule has 0 aliphatic carbocycles. The molecule has 2 saturated heterocycles. The molecule has 0 spiro atoms. The normalized spacial score (nSPS) is 23.1. The lowest BCUT2D eigenvalue weighted by atomic mass is 9.90. The van der Waals surface area contributed by atoms with E-state index in [4.69, 9.17) is 4.74 Å². The van der Waals surface area contributed by atoms with Crippen LogP contribution in [0, 0.1) is 23.2 Å². The Labute approximate surface area is 203 Å². The molecule has 3 heterocycles. The van der Waals surface area contributed by atoms with E-state index >= 15 is 0 Å². The number of aromatic amines is 1.